The fourth-order valence-corrected chi connectivity index (χ4v) is 3.87. The van der Waals surface area contributed by atoms with Crippen LogP contribution in [0.5, 0.6) is 0 Å². The fraction of sp³-hybridized carbons (Fsp3) is 0.368. The highest BCUT2D eigenvalue weighted by Gasteiger charge is 2.38. The number of hydrogen-bond acceptors (Lipinski definition) is 6. The van der Waals surface area contributed by atoms with Crippen LogP contribution in [0.3, 0.4) is 0 Å². The Labute approximate surface area is 168 Å². The van der Waals surface area contributed by atoms with Crippen LogP contribution in [0.2, 0.25) is 0 Å². The summed E-state index contributed by atoms with van der Waals surface area (Å²) in [4.78, 5) is 16.5. The third-order valence-corrected chi connectivity index (χ3v) is 5.32. The number of para-hydroxylation sites is 1. The van der Waals surface area contributed by atoms with Gasteiger partial charge in [0, 0.05) is 18.8 Å². The summed E-state index contributed by atoms with van der Waals surface area (Å²) in [6.45, 7) is 1.44. The molecule has 1 saturated heterocycles. The number of carbonyl (C=O) groups excluding carboxylic acids is 1. The van der Waals surface area contributed by atoms with Crippen LogP contribution in [0.15, 0.2) is 36.4 Å². The van der Waals surface area contributed by atoms with Crippen LogP contribution in [0.4, 0.5) is 24.7 Å². The van der Waals surface area contributed by atoms with Crippen LogP contribution < -0.4 is 9.80 Å². The monoisotopic (exact) mass is 418 g/mol. The standard InChI is InChI=1S/C19H17F3N6O2/c20-19(21,22)18-24-23-15-5-6-16(25-28(15)18)26-9-10-30-14(11-26)17(29)27-8-7-12-3-1-2-4-13(12)27/h1-6,14H,7-11H2. The molecule has 1 unspecified atom stereocenters. The number of halogens is 3. The molecule has 2 aromatic heterocycles. The smallest absolute Gasteiger partial charge is 0.365 e. The number of anilines is 2. The van der Waals surface area contributed by atoms with E-state index in [9.17, 15) is 18.0 Å². The summed E-state index contributed by atoms with van der Waals surface area (Å²) in [6.07, 6.45) is -4.62. The van der Waals surface area contributed by atoms with Crippen molar-refractivity contribution in [2.75, 3.05) is 36.0 Å². The van der Waals surface area contributed by atoms with E-state index in [1.165, 1.54) is 6.07 Å². The molecule has 11 heteroatoms. The van der Waals surface area contributed by atoms with Gasteiger partial charge < -0.3 is 14.5 Å². The van der Waals surface area contributed by atoms with Gasteiger partial charge in [-0.05, 0) is 30.2 Å². The van der Waals surface area contributed by atoms with Gasteiger partial charge in [0.1, 0.15) is 5.82 Å². The SMILES string of the molecule is O=C(C1CN(c2ccc3nnc(C(F)(F)F)n3n2)CCO1)N1CCc2ccccc21. The lowest BCUT2D eigenvalue weighted by molar-refractivity contribution is -0.146. The summed E-state index contributed by atoms with van der Waals surface area (Å²) in [5.74, 6) is -1.05. The summed E-state index contributed by atoms with van der Waals surface area (Å²) in [5, 5.41) is 10.8. The Balaban J connectivity index is 1.39. The first kappa shape index (κ1) is 18.8. The van der Waals surface area contributed by atoms with Gasteiger partial charge in [-0.1, -0.05) is 18.2 Å². The van der Waals surface area contributed by atoms with E-state index in [4.69, 9.17) is 4.74 Å². The molecule has 0 N–H and O–H groups in total. The minimum atomic E-state index is -4.67. The number of aromatic nitrogens is 4. The summed E-state index contributed by atoms with van der Waals surface area (Å²) >= 11 is 0. The molecule has 0 spiro atoms. The van der Waals surface area contributed by atoms with Crippen LogP contribution in [0, 0.1) is 0 Å². The second-order valence-electron chi connectivity index (χ2n) is 7.16. The normalized spacial score (nSPS) is 19.4. The third-order valence-electron chi connectivity index (χ3n) is 5.32. The zero-order chi connectivity index (χ0) is 20.9. The molecule has 30 heavy (non-hydrogen) atoms. The van der Waals surface area contributed by atoms with Crippen LogP contribution >= 0.6 is 0 Å². The average molecular weight is 418 g/mol. The lowest BCUT2D eigenvalue weighted by Crippen LogP contribution is -2.51. The molecule has 156 valence electrons. The number of alkyl halides is 3. The van der Waals surface area contributed by atoms with Crippen molar-refractivity contribution in [2.45, 2.75) is 18.7 Å². The molecule has 2 aliphatic rings. The minimum absolute atomic E-state index is 0.000588. The van der Waals surface area contributed by atoms with E-state index in [1.54, 1.807) is 15.9 Å². The van der Waals surface area contributed by atoms with Crippen molar-refractivity contribution in [3.8, 4) is 0 Å². The van der Waals surface area contributed by atoms with Gasteiger partial charge in [0.2, 0.25) is 0 Å². The van der Waals surface area contributed by atoms with Gasteiger partial charge in [-0.2, -0.15) is 17.7 Å². The molecule has 0 radical (unpaired) electrons. The average Bonchev–Trinajstić information content (AvgIpc) is 3.37. The molecule has 1 aromatic carbocycles. The molecule has 2 aliphatic heterocycles. The predicted molar refractivity (Wildman–Crippen MR) is 100 cm³/mol. The number of fused-ring (bicyclic) bond motifs is 2. The van der Waals surface area contributed by atoms with Crippen molar-refractivity contribution < 1.29 is 22.7 Å². The lowest BCUT2D eigenvalue weighted by atomic mass is 10.2. The Hall–Kier alpha value is -3.21. The molecule has 1 fully saturated rings. The van der Waals surface area contributed by atoms with Crippen molar-refractivity contribution in [1.29, 1.82) is 0 Å². The predicted octanol–water partition coefficient (Wildman–Crippen LogP) is 1.94. The summed E-state index contributed by atoms with van der Waals surface area (Å²) in [7, 11) is 0. The van der Waals surface area contributed by atoms with Crippen molar-refractivity contribution in [2.24, 2.45) is 0 Å². The van der Waals surface area contributed by atoms with Crippen LogP contribution in [-0.2, 0) is 22.1 Å². The minimum Gasteiger partial charge on any atom is -0.365 e. The van der Waals surface area contributed by atoms with Gasteiger partial charge in [-0.15, -0.1) is 15.3 Å². The van der Waals surface area contributed by atoms with Crippen molar-refractivity contribution in [3.63, 3.8) is 0 Å². The number of rotatable bonds is 2. The molecule has 1 amide bonds. The van der Waals surface area contributed by atoms with Gasteiger partial charge in [-0.3, -0.25) is 4.79 Å². The quantitative estimate of drug-likeness (QED) is 0.633. The second kappa shape index (κ2) is 6.94. The first-order valence-corrected chi connectivity index (χ1v) is 9.47. The van der Waals surface area contributed by atoms with Crippen molar-refractivity contribution >= 4 is 23.1 Å². The zero-order valence-corrected chi connectivity index (χ0v) is 15.7. The topological polar surface area (TPSA) is 75.9 Å². The van der Waals surface area contributed by atoms with Crippen LogP contribution in [0.25, 0.3) is 5.65 Å². The number of benzene rings is 1. The van der Waals surface area contributed by atoms with Gasteiger partial charge in [0.15, 0.2) is 11.8 Å². The van der Waals surface area contributed by atoms with E-state index < -0.39 is 18.1 Å². The highest BCUT2D eigenvalue weighted by atomic mass is 19.4. The van der Waals surface area contributed by atoms with Gasteiger partial charge in [0.25, 0.3) is 11.7 Å². The Kier molecular flexibility index (Phi) is 4.35. The Morgan fingerprint density at radius 2 is 1.93 bits per heavy atom. The maximum Gasteiger partial charge on any atom is 0.453 e. The number of nitrogens with zero attached hydrogens (tertiary/aromatic N) is 6. The highest BCUT2D eigenvalue weighted by Crippen LogP contribution is 2.30. The number of morpholine rings is 1. The Bertz CT molecular complexity index is 1120. The van der Waals surface area contributed by atoms with E-state index in [0.29, 0.717) is 23.4 Å². The lowest BCUT2D eigenvalue weighted by Gasteiger charge is -2.34. The first-order valence-electron chi connectivity index (χ1n) is 9.47. The second-order valence-corrected chi connectivity index (χ2v) is 7.16. The van der Waals surface area contributed by atoms with E-state index in [0.717, 1.165) is 17.7 Å². The largest absolute Gasteiger partial charge is 0.453 e. The van der Waals surface area contributed by atoms with E-state index >= 15 is 0 Å². The molecule has 1 atom stereocenters. The number of ether oxygens (including phenoxy) is 1. The van der Waals surface area contributed by atoms with E-state index in [2.05, 4.69) is 15.3 Å². The number of hydrogen-bond donors (Lipinski definition) is 0. The molecule has 5 rings (SSSR count). The molecular weight excluding hydrogens is 401 g/mol. The van der Waals surface area contributed by atoms with Gasteiger partial charge in [-0.25, -0.2) is 0 Å². The zero-order valence-electron chi connectivity index (χ0n) is 15.7. The van der Waals surface area contributed by atoms with Crippen LogP contribution in [0.1, 0.15) is 11.4 Å². The van der Waals surface area contributed by atoms with Gasteiger partial charge >= 0.3 is 6.18 Å². The molecule has 8 nitrogen and oxygen atoms in total. The summed E-state index contributed by atoms with van der Waals surface area (Å²) in [6, 6.07) is 10.7. The number of carbonyl (C=O) groups is 1. The summed E-state index contributed by atoms with van der Waals surface area (Å²) < 4.78 is 45.8. The maximum absolute atomic E-state index is 13.1. The third kappa shape index (κ3) is 3.15. The maximum atomic E-state index is 13.1. The summed E-state index contributed by atoms with van der Waals surface area (Å²) in [5.41, 5.74) is 1.99. The van der Waals surface area contributed by atoms with Crippen molar-refractivity contribution in [3.05, 3.63) is 47.8 Å². The molecule has 3 aromatic rings. The molecule has 0 bridgehead atoms. The number of amides is 1. The Morgan fingerprint density at radius 1 is 1.10 bits per heavy atom. The van der Waals surface area contributed by atoms with Crippen molar-refractivity contribution in [1.82, 2.24) is 19.8 Å². The molecule has 0 saturated carbocycles. The first-order chi connectivity index (χ1) is 14.4. The fourth-order valence-electron chi connectivity index (χ4n) is 3.87. The Morgan fingerprint density at radius 3 is 2.77 bits per heavy atom. The highest BCUT2D eigenvalue weighted by molar-refractivity contribution is 5.98. The molecular formula is C19H17F3N6O2. The molecule has 0 aliphatic carbocycles. The van der Waals surface area contributed by atoms with Crippen LogP contribution in [-0.4, -0.2) is 58.1 Å². The van der Waals surface area contributed by atoms with E-state index in [-0.39, 0.29) is 24.7 Å². The molecule has 4 heterocycles. The van der Waals surface area contributed by atoms with Gasteiger partial charge in [0.05, 0.1) is 13.2 Å². The van der Waals surface area contributed by atoms with E-state index in [1.807, 2.05) is 24.3 Å².